The van der Waals surface area contributed by atoms with Crippen molar-refractivity contribution in [1.82, 2.24) is 39.9 Å². The van der Waals surface area contributed by atoms with E-state index in [1.807, 2.05) is 127 Å². The van der Waals surface area contributed by atoms with Crippen molar-refractivity contribution in [3.8, 4) is 56.7 Å². The van der Waals surface area contributed by atoms with E-state index in [0.29, 0.717) is 51.0 Å². The molecule has 0 amide bonds. The molecule has 0 saturated heterocycles. The number of H-pyrrole nitrogens is 2. The molecule has 9 aromatic rings. The number of hydrogen-bond acceptors (Lipinski definition) is 9. The van der Waals surface area contributed by atoms with Gasteiger partial charge in [-0.1, -0.05) is 133 Å². The van der Waals surface area contributed by atoms with Crippen LogP contribution in [0.5, 0.6) is 0 Å². The summed E-state index contributed by atoms with van der Waals surface area (Å²) in [6.07, 6.45) is -0.841. The zero-order valence-electron chi connectivity index (χ0n) is 30.0. The van der Waals surface area contributed by atoms with Crippen molar-refractivity contribution in [1.29, 1.82) is 0 Å². The largest absolute Gasteiger partial charge is 0.324 e. The minimum absolute atomic E-state index is 0. The van der Waals surface area contributed by atoms with Gasteiger partial charge in [0, 0.05) is 60.9 Å². The number of aromatic nitrogens is 8. The van der Waals surface area contributed by atoms with Crippen LogP contribution in [0.1, 0.15) is 17.2 Å². The van der Waals surface area contributed by atoms with E-state index in [9.17, 15) is 8.42 Å². The van der Waals surface area contributed by atoms with Crippen LogP contribution in [0.2, 0.25) is 0 Å². The number of nitrogens with zero attached hydrogens (tertiary/aromatic N) is 6. The molecule has 281 valence electrons. The predicted molar refractivity (Wildman–Crippen MR) is 218 cm³/mol. The van der Waals surface area contributed by atoms with Gasteiger partial charge in [0.25, 0.3) is 10.1 Å². The molecule has 0 fully saturated rings. The molecule has 1 aliphatic carbocycles. The Morgan fingerprint density at radius 3 is 1.29 bits per heavy atom. The Bertz CT molecular complexity index is 3460. The van der Waals surface area contributed by atoms with Crippen molar-refractivity contribution in [3.05, 3.63) is 151 Å². The van der Waals surface area contributed by atoms with E-state index in [-0.39, 0.29) is 27.6 Å². The van der Waals surface area contributed by atoms with Crippen LogP contribution in [0.15, 0.2) is 144 Å². The van der Waals surface area contributed by atoms with E-state index in [1.165, 1.54) is 0 Å². The summed E-state index contributed by atoms with van der Waals surface area (Å²) >= 11 is 0. The molecule has 3 aliphatic rings. The van der Waals surface area contributed by atoms with Crippen LogP contribution in [0, 0.1) is 0 Å². The van der Waals surface area contributed by atoms with Gasteiger partial charge in [-0.25, -0.2) is 29.9 Å². The van der Waals surface area contributed by atoms with Gasteiger partial charge in [-0.05, 0) is 28.3 Å². The molecule has 2 N–H and O–H groups in total. The van der Waals surface area contributed by atoms with Gasteiger partial charge in [0.1, 0.15) is 33.6 Å². The van der Waals surface area contributed by atoms with E-state index in [1.54, 1.807) is 12.1 Å². The number of nitrogens with one attached hydrogen (secondary N) is 2. The van der Waals surface area contributed by atoms with Crippen molar-refractivity contribution in [3.63, 3.8) is 0 Å². The standard InChI is InChI=1S/C45H26N8O3S.Cu/c54-57(55,56-37-26-14-3-1-12-24(26)25-13-2-4-15-27(25)37)35-23-11-22-34-36(35)45-52-43-33-21-10-9-20-32(33)41(50-43)48-39-29-17-6-5-16-28(29)38(46-39)47-40-30-18-7-8-19-31(30)42(49-40)51-44(34)53-45;/h1-23,37H,(H2,46,47,48,49,50,51,52,53);. The molecular formula is C45H26CuN8O3S. The first-order valence-corrected chi connectivity index (χ1v) is 19.7. The molecule has 8 bridgehead atoms. The number of aromatic amines is 2. The summed E-state index contributed by atoms with van der Waals surface area (Å²) in [4.78, 5) is 36.9. The van der Waals surface area contributed by atoms with E-state index in [0.717, 1.165) is 55.3 Å². The third-order valence-electron chi connectivity index (χ3n) is 10.8. The topological polar surface area (TPSA) is 152 Å². The molecule has 0 spiro atoms. The minimum atomic E-state index is -4.44. The van der Waals surface area contributed by atoms with E-state index >= 15 is 0 Å². The summed E-state index contributed by atoms with van der Waals surface area (Å²) < 4.78 is 35.7. The molecule has 1 radical (unpaired) electrons. The van der Waals surface area contributed by atoms with Gasteiger partial charge < -0.3 is 9.97 Å². The summed E-state index contributed by atoms with van der Waals surface area (Å²) in [5.41, 5.74) is 8.34. The summed E-state index contributed by atoms with van der Waals surface area (Å²) in [5.74, 6) is 1.70. The summed E-state index contributed by atoms with van der Waals surface area (Å²) in [5, 5.41) is 2.58. The van der Waals surface area contributed by atoms with Crippen LogP contribution in [-0.4, -0.2) is 48.3 Å². The summed E-state index contributed by atoms with van der Waals surface area (Å²) in [6, 6.07) is 43.9. The molecule has 12 rings (SSSR count). The first kappa shape index (κ1) is 34.4. The minimum Gasteiger partial charge on any atom is -0.324 e. The van der Waals surface area contributed by atoms with Crippen molar-refractivity contribution in [2.75, 3.05) is 0 Å². The zero-order valence-corrected chi connectivity index (χ0v) is 31.7. The van der Waals surface area contributed by atoms with Gasteiger partial charge in [-0.2, -0.15) is 8.42 Å². The van der Waals surface area contributed by atoms with Gasteiger partial charge >= 0.3 is 0 Å². The second-order valence-corrected chi connectivity index (χ2v) is 15.6. The van der Waals surface area contributed by atoms with Crippen LogP contribution in [-0.2, 0) is 31.4 Å². The SMILES string of the molecule is O=S(=O)(OC1c2ccccc2-c2ccccc21)c1cccc2c3nc4nc(nc5[nH]c(nc6nc(nc([nH]3)c12)-c1ccccc1-6)c1ccccc51)-c1ccccc1-4.[Cu]. The maximum absolute atomic E-state index is 14.7. The van der Waals surface area contributed by atoms with E-state index < -0.39 is 16.2 Å². The van der Waals surface area contributed by atoms with Crippen LogP contribution < -0.4 is 0 Å². The Labute approximate surface area is 340 Å². The maximum atomic E-state index is 14.7. The smallest absolute Gasteiger partial charge is 0.298 e. The molecule has 6 aromatic carbocycles. The van der Waals surface area contributed by atoms with Crippen molar-refractivity contribution >= 4 is 54.3 Å². The van der Waals surface area contributed by atoms with Gasteiger partial charge in [0.2, 0.25) is 0 Å². The Hall–Kier alpha value is -6.89. The first-order valence-electron chi connectivity index (χ1n) is 18.3. The fourth-order valence-corrected chi connectivity index (χ4v) is 9.52. The molecule has 58 heavy (non-hydrogen) atoms. The number of rotatable bonds is 3. The van der Waals surface area contributed by atoms with Gasteiger partial charge in [0.05, 0.1) is 0 Å². The van der Waals surface area contributed by atoms with Gasteiger partial charge in [-0.3, -0.25) is 4.18 Å². The van der Waals surface area contributed by atoms with Crippen molar-refractivity contribution < 1.29 is 29.7 Å². The molecular weight excluding hydrogens is 796 g/mol. The average molecular weight is 822 g/mol. The summed E-state index contributed by atoms with van der Waals surface area (Å²) in [7, 11) is -4.44. The third kappa shape index (κ3) is 5.11. The van der Waals surface area contributed by atoms with Crippen LogP contribution in [0.25, 0.3) is 101 Å². The van der Waals surface area contributed by atoms with E-state index in [2.05, 4.69) is 9.97 Å². The Kier molecular flexibility index (Phi) is 7.59. The summed E-state index contributed by atoms with van der Waals surface area (Å²) in [6.45, 7) is 0. The molecule has 2 aliphatic heterocycles. The maximum Gasteiger partial charge on any atom is 0.298 e. The second-order valence-electron chi connectivity index (χ2n) is 14.0. The fraction of sp³-hybridized carbons (Fsp3) is 0.0222. The van der Waals surface area contributed by atoms with E-state index in [4.69, 9.17) is 34.1 Å². The van der Waals surface area contributed by atoms with Crippen molar-refractivity contribution in [2.24, 2.45) is 0 Å². The zero-order chi connectivity index (χ0) is 37.8. The molecule has 0 saturated carbocycles. The number of fused-ring (bicyclic) bond motifs is 23. The third-order valence-corrected chi connectivity index (χ3v) is 12.1. The molecule has 0 atom stereocenters. The van der Waals surface area contributed by atoms with Crippen molar-refractivity contribution in [2.45, 2.75) is 11.0 Å². The number of benzene rings is 6. The molecule has 11 nitrogen and oxygen atoms in total. The van der Waals surface area contributed by atoms with Crippen LogP contribution >= 0.6 is 0 Å². The normalized spacial score (nSPS) is 12.8. The number of hydrogen-bond donors (Lipinski definition) is 2. The molecule has 0 unspecified atom stereocenters. The van der Waals surface area contributed by atoms with Crippen LogP contribution in [0.4, 0.5) is 0 Å². The first-order chi connectivity index (χ1) is 28.0. The molecule has 3 aromatic heterocycles. The average Bonchev–Trinajstić information content (AvgIpc) is 4.04. The Balaban J connectivity index is 0.00000385. The van der Waals surface area contributed by atoms with Gasteiger partial charge in [-0.15, -0.1) is 0 Å². The second kappa shape index (κ2) is 12.8. The van der Waals surface area contributed by atoms with Gasteiger partial charge in [0.15, 0.2) is 23.3 Å². The molecule has 13 heteroatoms. The van der Waals surface area contributed by atoms with Crippen LogP contribution in [0.3, 0.4) is 0 Å². The Morgan fingerprint density at radius 2 is 0.793 bits per heavy atom. The Morgan fingerprint density at radius 1 is 0.414 bits per heavy atom. The molecule has 5 heterocycles. The monoisotopic (exact) mass is 821 g/mol. The predicted octanol–water partition coefficient (Wildman–Crippen LogP) is 9.34. The quantitative estimate of drug-likeness (QED) is 0.131. The fourth-order valence-electron chi connectivity index (χ4n) is 8.26.